The maximum atomic E-state index is 13.1. The lowest BCUT2D eigenvalue weighted by Crippen LogP contribution is -2.40. The zero-order valence-electron chi connectivity index (χ0n) is 22.4. The van der Waals surface area contributed by atoms with Crippen LogP contribution in [0.4, 0.5) is 5.82 Å². The van der Waals surface area contributed by atoms with Crippen molar-refractivity contribution in [3.63, 3.8) is 0 Å². The van der Waals surface area contributed by atoms with E-state index >= 15 is 0 Å². The number of fused-ring (bicyclic) bond motifs is 3. The number of aromatic amines is 1. The van der Waals surface area contributed by atoms with Crippen LogP contribution in [-0.2, 0) is 9.53 Å². The fourth-order valence-electron chi connectivity index (χ4n) is 4.87. The molecule has 1 saturated heterocycles. The molecule has 0 spiro atoms. The summed E-state index contributed by atoms with van der Waals surface area (Å²) in [5.41, 5.74) is 4.89. The van der Waals surface area contributed by atoms with Gasteiger partial charge in [-0.1, -0.05) is 54.6 Å². The molecule has 39 heavy (non-hydrogen) atoms. The third-order valence-electron chi connectivity index (χ3n) is 7.03. The van der Waals surface area contributed by atoms with Crippen LogP contribution in [0.5, 0.6) is 0 Å². The van der Waals surface area contributed by atoms with Crippen molar-refractivity contribution in [2.75, 3.05) is 38.6 Å². The van der Waals surface area contributed by atoms with Gasteiger partial charge in [0.1, 0.15) is 17.2 Å². The number of aromatic nitrogens is 3. The van der Waals surface area contributed by atoms with E-state index in [9.17, 15) is 9.59 Å². The molecule has 9 heteroatoms. The number of allylic oxidation sites excluding steroid dienone is 6. The van der Waals surface area contributed by atoms with Crippen molar-refractivity contribution in [1.29, 1.82) is 0 Å². The van der Waals surface area contributed by atoms with Crippen molar-refractivity contribution in [2.24, 2.45) is 0 Å². The quantitative estimate of drug-likeness (QED) is 0.397. The fraction of sp³-hybridized carbons (Fsp3) is 0.333. The van der Waals surface area contributed by atoms with Crippen LogP contribution in [0.15, 0.2) is 71.8 Å². The molecule has 202 valence electrons. The van der Waals surface area contributed by atoms with E-state index < -0.39 is 0 Å². The number of hydrogen-bond donors (Lipinski definition) is 3. The summed E-state index contributed by atoms with van der Waals surface area (Å²) in [5, 5.41) is 6.77. The summed E-state index contributed by atoms with van der Waals surface area (Å²) in [7, 11) is 1.71. The molecule has 0 saturated carbocycles. The Labute approximate surface area is 228 Å². The van der Waals surface area contributed by atoms with E-state index in [4.69, 9.17) is 9.72 Å². The van der Waals surface area contributed by atoms with Crippen molar-refractivity contribution >= 4 is 28.7 Å². The van der Waals surface area contributed by atoms with E-state index in [1.165, 1.54) is 24.5 Å². The average Bonchev–Trinajstić information content (AvgIpc) is 3.73. The molecule has 1 fully saturated rings. The summed E-state index contributed by atoms with van der Waals surface area (Å²) < 4.78 is 5.41. The Morgan fingerprint density at radius 1 is 1.05 bits per heavy atom. The number of ether oxygens (including phenoxy) is 1. The molecule has 3 aliphatic rings. The SMILES string of the molecule is C1=CC2=CC=C1C2.COC1CCN(C(=O)c2cc3c(NCCNC(C)=O)nc(-c4ccccc4)nc3[nH]2)CC1. The number of methoxy groups -OCH3 is 1. The second-order valence-electron chi connectivity index (χ2n) is 9.84. The van der Waals surface area contributed by atoms with Gasteiger partial charge >= 0.3 is 0 Å². The molecule has 6 rings (SSSR count). The van der Waals surface area contributed by atoms with Gasteiger partial charge in [-0.25, -0.2) is 9.97 Å². The third-order valence-corrected chi connectivity index (χ3v) is 7.03. The Hall–Kier alpha value is -4.24. The molecule has 2 amide bonds. The van der Waals surface area contributed by atoms with Gasteiger partial charge in [-0.05, 0) is 36.5 Å². The number of carbonyl (C=O) groups is 2. The van der Waals surface area contributed by atoms with Gasteiger partial charge in [0.05, 0.1) is 11.5 Å². The van der Waals surface area contributed by atoms with Crippen LogP contribution in [0, 0.1) is 0 Å². The van der Waals surface area contributed by atoms with Crippen LogP contribution >= 0.6 is 0 Å². The lowest BCUT2D eigenvalue weighted by Gasteiger charge is -2.30. The molecule has 2 bridgehead atoms. The zero-order chi connectivity index (χ0) is 27.2. The number of H-pyrrole nitrogens is 1. The molecular formula is C30H34N6O3. The number of anilines is 1. The molecule has 1 aliphatic heterocycles. The van der Waals surface area contributed by atoms with Crippen molar-refractivity contribution in [1.82, 2.24) is 25.2 Å². The minimum Gasteiger partial charge on any atom is -0.381 e. The first-order valence-corrected chi connectivity index (χ1v) is 13.3. The van der Waals surface area contributed by atoms with Gasteiger partial charge in [-0.2, -0.15) is 0 Å². The number of piperidine rings is 1. The van der Waals surface area contributed by atoms with Gasteiger partial charge in [0.15, 0.2) is 5.82 Å². The molecule has 3 heterocycles. The van der Waals surface area contributed by atoms with E-state index in [1.54, 1.807) is 13.2 Å². The summed E-state index contributed by atoms with van der Waals surface area (Å²) in [6.07, 6.45) is 11.8. The second-order valence-corrected chi connectivity index (χ2v) is 9.84. The van der Waals surface area contributed by atoms with Crippen molar-refractivity contribution < 1.29 is 14.3 Å². The molecule has 9 nitrogen and oxygen atoms in total. The summed E-state index contributed by atoms with van der Waals surface area (Å²) >= 11 is 0. The van der Waals surface area contributed by atoms with Gasteiger partial charge in [-0.15, -0.1) is 0 Å². The number of nitrogens with zero attached hydrogens (tertiary/aromatic N) is 3. The highest BCUT2D eigenvalue weighted by atomic mass is 16.5. The van der Waals surface area contributed by atoms with E-state index in [0.29, 0.717) is 49.2 Å². The summed E-state index contributed by atoms with van der Waals surface area (Å²) in [6.45, 7) is 3.77. The second kappa shape index (κ2) is 12.1. The molecule has 0 atom stereocenters. The number of rotatable bonds is 7. The van der Waals surface area contributed by atoms with E-state index in [2.05, 4.69) is 44.9 Å². The standard InChI is InChI=1S/C23H28N6O3.C7H6/c1-15(30)24-10-11-25-21-18-14-19(23(31)29-12-8-17(32-2)9-13-29)26-22(18)28-20(27-21)16-6-4-3-5-7-16;1-2-7-4-3-6(1)5-7/h3-7,14,17H,8-13H2,1-2H3,(H,24,30)(H2,25,26,27,28);1-4H,5H2. The minimum absolute atomic E-state index is 0.0528. The number of carbonyl (C=O) groups excluding carboxylic acids is 2. The maximum absolute atomic E-state index is 13.1. The van der Waals surface area contributed by atoms with Crippen LogP contribution < -0.4 is 10.6 Å². The van der Waals surface area contributed by atoms with Crippen LogP contribution in [0.1, 0.15) is 36.7 Å². The normalized spacial score (nSPS) is 16.0. The lowest BCUT2D eigenvalue weighted by molar-refractivity contribution is -0.118. The number of hydrogen-bond acceptors (Lipinski definition) is 6. The first-order valence-electron chi connectivity index (χ1n) is 13.3. The van der Waals surface area contributed by atoms with E-state index in [1.807, 2.05) is 35.2 Å². The van der Waals surface area contributed by atoms with Crippen molar-refractivity contribution in [3.05, 3.63) is 77.5 Å². The molecule has 3 N–H and O–H groups in total. The number of likely N-dealkylation sites (tertiary alicyclic amines) is 1. The zero-order valence-corrected chi connectivity index (χ0v) is 22.4. The van der Waals surface area contributed by atoms with Crippen LogP contribution in [0.3, 0.4) is 0 Å². The van der Waals surface area contributed by atoms with Crippen molar-refractivity contribution in [3.8, 4) is 11.4 Å². The number of nitrogens with one attached hydrogen (secondary N) is 3. The molecule has 2 aromatic heterocycles. The highest BCUT2D eigenvalue weighted by Crippen LogP contribution is 2.28. The molecule has 0 unspecified atom stereocenters. The molecule has 3 aromatic rings. The number of amides is 2. The molecule has 0 radical (unpaired) electrons. The molecule has 2 aliphatic carbocycles. The highest BCUT2D eigenvalue weighted by Gasteiger charge is 2.25. The van der Waals surface area contributed by atoms with Gasteiger partial charge in [-0.3, -0.25) is 9.59 Å². The average molecular weight is 527 g/mol. The Morgan fingerprint density at radius 3 is 2.36 bits per heavy atom. The molecule has 1 aromatic carbocycles. The van der Waals surface area contributed by atoms with Crippen LogP contribution in [0.25, 0.3) is 22.4 Å². The topological polar surface area (TPSA) is 112 Å². The fourth-order valence-corrected chi connectivity index (χ4v) is 4.87. The Kier molecular flexibility index (Phi) is 8.17. The Balaban J connectivity index is 0.000000376. The van der Waals surface area contributed by atoms with E-state index in [-0.39, 0.29) is 17.9 Å². The molecular weight excluding hydrogens is 492 g/mol. The van der Waals surface area contributed by atoms with E-state index in [0.717, 1.165) is 23.8 Å². The lowest BCUT2D eigenvalue weighted by atomic mass is 10.1. The smallest absolute Gasteiger partial charge is 0.270 e. The van der Waals surface area contributed by atoms with Gasteiger partial charge < -0.3 is 25.3 Å². The largest absolute Gasteiger partial charge is 0.381 e. The predicted octanol–water partition coefficient (Wildman–Crippen LogP) is 4.24. The Bertz CT molecular complexity index is 1410. The first-order chi connectivity index (χ1) is 19.0. The van der Waals surface area contributed by atoms with Crippen LogP contribution in [-0.4, -0.2) is 71.1 Å². The number of benzene rings is 1. The van der Waals surface area contributed by atoms with Gasteiger partial charge in [0, 0.05) is 45.8 Å². The summed E-state index contributed by atoms with van der Waals surface area (Å²) in [5.74, 6) is 1.04. The summed E-state index contributed by atoms with van der Waals surface area (Å²) in [6, 6.07) is 11.5. The van der Waals surface area contributed by atoms with Crippen molar-refractivity contribution in [2.45, 2.75) is 32.3 Å². The first kappa shape index (κ1) is 26.4. The maximum Gasteiger partial charge on any atom is 0.270 e. The predicted molar refractivity (Wildman–Crippen MR) is 152 cm³/mol. The van der Waals surface area contributed by atoms with Crippen LogP contribution in [0.2, 0.25) is 0 Å². The highest BCUT2D eigenvalue weighted by molar-refractivity contribution is 6.00. The third kappa shape index (κ3) is 6.43. The minimum atomic E-state index is -0.0867. The Morgan fingerprint density at radius 2 is 1.77 bits per heavy atom. The monoisotopic (exact) mass is 526 g/mol. The van der Waals surface area contributed by atoms with Gasteiger partial charge in [0.2, 0.25) is 5.91 Å². The summed E-state index contributed by atoms with van der Waals surface area (Å²) in [4.78, 5) is 38.7. The van der Waals surface area contributed by atoms with Gasteiger partial charge in [0.25, 0.3) is 5.91 Å².